The van der Waals surface area contributed by atoms with E-state index in [1.54, 1.807) is 0 Å². The third-order valence-corrected chi connectivity index (χ3v) is 2.57. The molecule has 0 heterocycles. The molecule has 0 fully saturated rings. The summed E-state index contributed by atoms with van der Waals surface area (Å²) in [6.07, 6.45) is 1.45. The van der Waals surface area contributed by atoms with Gasteiger partial charge in [0, 0.05) is 12.0 Å². The van der Waals surface area contributed by atoms with Crippen molar-refractivity contribution in [1.29, 1.82) is 0 Å². The van der Waals surface area contributed by atoms with Gasteiger partial charge in [-0.15, -0.1) is 0 Å². The van der Waals surface area contributed by atoms with E-state index in [1.165, 1.54) is 12.1 Å². The standard InChI is InChI=1S/C12H16FNO2/c1-3-8(4-2)12(16)14-11-6-5-9(15)7-10(11)13/h5-8,15H,3-4H2,1-2H3,(H,14,16). The van der Waals surface area contributed by atoms with Gasteiger partial charge in [0.15, 0.2) is 0 Å². The number of rotatable bonds is 4. The van der Waals surface area contributed by atoms with Gasteiger partial charge in [-0.1, -0.05) is 13.8 Å². The lowest BCUT2D eigenvalue weighted by Gasteiger charge is -2.13. The SMILES string of the molecule is CCC(CC)C(=O)Nc1ccc(O)cc1F. The summed E-state index contributed by atoms with van der Waals surface area (Å²) in [5.74, 6) is -1.07. The Morgan fingerprint density at radius 1 is 1.44 bits per heavy atom. The fraction of sp³-hybridized carbons (Fsp3) is 0.417. The van der Waals surface area contributed by atoms with Gasteiger partial charge in [0.2, 0.25) is 5.91 Å². The van der Waals surface area contributed by atoms with E-state index in [-0.39, 0.29) is 23.3 Å². The number of hydrogen-bond acceptors (Lipinski definition) is 2. The van der Waals surface area contributed by atoms with E-state index in [0.717, 1.165) is 18.9 Å². The molecule has 0 saturated carbocycles. The van der Waals surface area contributed by atoms with E-state index < -0.39 is 5.82 Å². The first-order valence-corrected chi connectivity index (χ1v) is 5.37. The van der Waals surface area contributed by atoms with Crippen molar-refractivity contribution >= 4 is 11.6 Å². The summed E-state index contributed by atoms with van der Waals surface area (Å²) in [6, 6.07) is 3.67. The predicted molar refractivity (Wildman–Crippen MR) is 60.8 cm³/mol. The largest absolute Gasteiger partial charge is 0.508 e. The van der Waals surface area contributed by atoms with Crippen molar-refractivity contribution in [3.05, 3.63) is 24.0 Å². The number of amides is 1. The maximum atomic E-state index is 13.3. The van der Waals surface area contributed by atoms with Gasteiger partial charge in [0.25, 0.3) is 0 Å². The molecule has 0 radical (unpaired) electrons. The molecular formula is C12H16FNO2. The molecule has 0 aliphatic carbocycles. The first-order valence-electron chi connectivity index (χ1n) is 5.37. The molecule has 1 rings (SSSR count). The lowest BCUT2D eigenvalue weighted by molar-refractivity contribution is -0.120. The van der Waals surface area contributed by atoms with Crippen molar-refractivity contribution < 1.29 is 14.3 Å². The number of hydrogen-bond donors (Lipinski definition) is 2. The van der Waals surface area contributed by atoms with E-state index in [9.17, 15) is 9.18 Å². The molecule has 1 amide bonds. The molecule has 0 atom stereocenters. The van der Waals surface area contributed by atoms with Gasteiger partial charge in [-0.2, -0.15) is 0 Å². The van der Waals surface area contributed by atoms with Crippen molar-refractivity contribution in [1.82, 2.24) is 0 Å². The van der Waals surface area contributed by atoms with Crippen LogP contribution in [0.4, 0.5) is 10.1 Å². The second kappa shape index (κ2) is 5.49. The lowest BCUT2D eigenvalue weighted by atomic mass is 10.0. The zero-order chi connectivity index (χ0) is 12.1. The third-order valence-electron chi connectivity index (χ3n) is 2.57. The molecule has 0 aliphatic heterocycles. The first-order chi connectivity index (χ1) is 7.58. The number of nitrogens with one attached hydrogen (secondary N) is 1. The molecule has 2 N–H and O–H groups in total. The average molecular weight is 225 g/mol. The second-order valence-corrected chi connectivity index (χ2v) is 3.67. The van der Waals surface area contributed by atoms with Crippen LogP contribution in [-0.2, 0) is 4.79 Å². The Labute approximate surface area is 94.3 Å². The molecule has 0 unspecified atom stereocenters. The van der Waals surface area contributed by atoms with Crippen molar-refractivity contribution in [2.24, 2.45) is 5.92 Å². The van der Waals surface area contributed by atoms with Crippen LogP contribution in [0.2, 0.25) is 0 Å². The number of carbonyl (C=O) groups excluding carboxylic acids is 1. The summed E-state index contributed by atoms with van der Waals surface area (Å²) >= 11 is 0. The van der Waals surface area contributed by atoms with Crippen LogP contribution < -0.4 is 5.32 Å². The Morgan fingerprint density at radius 2 is 2.06 bits per heavy atom. The Bertz CT molecular complexity index is 375. The molecule has 4 heteroatoms. The minimum atomic E-state index is -0.626. The van der Waals surface area contributed by atoms with E-state index in [2.05, 4.69) is 5.32 Å². The average Bonchev–Trinajstić information content (AvgIpc) is 2.24. The summed E-state index contributed by atoms with van der Waals surface area (Å²) < 4.78 is 13.3. The molecule has 0 aromatic heterocycles. The predicted octanol–water partition coefficient (Wildman–Crippen LogP) is 2.91. The number of phenols is 1. The Kier molecular flexibility index (Phi) is 4.28. The minimum absolute atomic E-state index is 0.104. The zero-order valence-corrected chi connectivity index (χ0v) is 9.46. The van der Waals surface area contributed by atoms with Crippen LogP contribution in [0.1, 0.15) is 26.7 Å². The third kappa shape index (κ3) is 2.95. The quantitative estimate of drug-likeness (QED) is 0.774. The molecule has 0 saturated heterocycles. The van der Waals surface area contributed by atoms with Crippen LogP contribution in [-0.4, -0.2) is 11.0 Å². The van der Waals surface area contributed by atoms with Crippen molar-refractivity contribution in [2.75, 3.05) is 5.32 Å². The second-order valence-electron chi connectivity index (χ2n) is 3.67. The molecule has 0 spiro atoms. The Morgan fingerprint density at radius 3 is 2.56 bits per heavy atom. The highest BCUT2D eigenvalue weighted by Crippen LogP contribution is 2.20. The first kappa shape index (κ1) is 12.5. The van der Waals surface area contributed by atoms with Gasteiger partial charge < -0.3 is 10.4 Å². The van der Waals surface area contributed by atoms with Gasteiger partial charge in [-0.05, 0) is 25.0 Å². The molecule has 0 aliphatic rings. The summed E-state index contributed by atoms with van der Waals surface area (Å²) in [4.78, 5) is 11.7. The summed E-state index contributed by atoms with van der Waals surface area (Å²) in [7, 11) is 0. The molecule has 0 bridgehead atoms. The normalized spacial score (nSPS) is 10.5. The van der Waals surface area contributed by atoms with Crippen LogP contribution in [0, 0.1) is 11.7 Å². The van der Waals surface area contributed by atoms with Crippen LogP contribution >= 0.6 is 0 Å². The highest BCUT2D eigenvalue weighted by molar-refractivity contribution is 5.92. The fourth-order valence-corrected chi connectivity index (χ4v) is 1.50. The van der Waals surface area contributed by atoms with Crippen molar-refractivity contribution in [3.63, 3.8) is 0 Å². The smallest absolute Gasteiger partial charge is 0.227 e. The van der Waals surface area contributed by atoms with Gasteiger partial charge in [0.05, 0.1) is 5.69 Å². The van der Waals surface area contributed by atoms with Gasteiger partial charge in [-0.25, -0.2) is 4.39 Å². The van der Waals surface area contributed by atoms with E-state index >= 15 is 0 Å². The van der Waals surface area contributed by atoms with Gasteiger partial charge in [-0.3, -0.25) is 4.79 Å². The fourth-order valence-electron chi connectivity index (χ4n) is 1.50. The molecule has 88 valence electrons. The topological polar surface area (TPSA) is 49.3 Å². The highest BCUT2D eigenvalue weighted by atomic mass is 19.1. The summed E-state index contributed by atoms with van der Waals surface area (Å²) in [6.45, 7) is 3.84. The Balaban J connectivity index is 2.76. The zero-order valence-electron chi connectivity index (χ0n) is 9.46. The van der Waals surface area contributed by atoms with Crippen LogP contribution in [0.3, 0.4) is 0 Å². The van der Waals surface area contributed by atoms with Crippen LogP contribution in [0.25, 0.3) is 0 Å². The maximum Gasteiger partial charge on any atom is 0.227 e. The monoisotopic (exact) mass is 225 g/mol. The molecule has 3 nitrogen and oxygen atoms in total. The highest BCUT2D eigenvalue weighted by Gasteiger charge is 2.15. The van der Waals surface area contributed by atoms with Crippen LogP contribution in [0.5, 0.6) is 5.75 Å². The van der Waals surface area contributed by atoms with E-state index in [0.29, 0.717) is 0 Å². The van der Waals surface area contributed by atoms with Crippen LogP contribution in [0.15, 0.2) is 18.2 Å². The number of aromatic hydroxyl groups is 1. The number of benzene rings is 1. The Hall–Kier alpha value is -1.58. The number of carbonyl (C=O) groups is 1. The molecule has 16 heavy (non-hydrogen) atoms. The number of phenolic OH excluding ortho intramolecular Hbond substituents is 1. The summed E-state index contributed by atoms with van der Waals surface area (Å²) in [5, 5.41) is 11.5. The van der Waals surface area contributed by atoms with Crippen molar-refractivity contribution in [2.45, 2.75) is 26.7 Å². The molecule has 1 aromatic carbocycles. The minimum Gasteiger partial charge on any atom is -0.508 e. The lowest BCUT2D eigenvalue weighted by Crippen LogP contribution is -2.22. The summed E-state index contributed by atoms with van der Waals surface area (Å²) in [5.41, 5.74) is 0.106. The maximum absolute atomic E-state index is 13.3. The van der Waals surface area contributed by atoms with Crippen molar-refractivity contribution in [3.8, 4) is 5.75 Å². The molecular weight excluding hydrogens is 209 g/mol. The number of anilines is 1. The van der Waals surface area contributed by atoms with E-state index in [4.69, 9.17) is 5.11 Å². The molecule has 1 aromatic rings. The van der Waals surface area contributed by atoms with E-state index in [1.807, 2.05) is 13.8 Å². The van der Waals surface area contributed by atoms with Gasteiger partial charge >= 0.3 is 0 Å². The van der Waals surface area contributed by atoms with Gasteiger partial charge in [0.1, 0.15) is 11.6 Å². The number of halogens is 1.